The van der Waals surface area contributed by atoms with Gasteiger partial charge in [0.2, 0.25) is 5.88 Å². The fourth-order valence-corrected chi connectivity index (χ4v) is 3.06. The van der Waals surface area contributed by atoms with Crippen LogP contribution in [0.5, 0.6) is 11.6 Å². The number of halogens is 1. The van der Waals surface area contributed by atoms with Crippen LogP contribution in [0.25, 0.3) is 17.0 Å². The van der Waals surface area contributed by atoms with E-state index in [1.807, 2.05) is 32.0 Å². The van der Waals surface area contributed by atoms with Gasteiger partial charge in [-0.1, -0.05) is 24.3 Å². The van der Waals surface area contributed by atoms with Crippen molar-refractivity contribution in [1.29, 1.82) is 0 Å². The van der Waals surface area contributed by atoms with Crippen LogP contribution >= 0.6 is 0 Å². The quantitative estimate of drug-likeness (QED) is 0.428. The average Bonchev–Trinajstić information content (AvgIpc) is 3.20. The topological polar surface area (TPSA) is 90.6 Å². The van der Waals surface area contributed by atoms with Gasteiger partial charge in [0.25, 0.3) is 5.91 Å². The lowest BCUT2D eigenvalue weighted by Gasteiger charge is -2.11. The molecule has 0 aliphatic carbocycles. The summed E-state index contributed by atoms with van der Waals surface area (Å²) in [6.07, 6.45) is 0. The Hall–Kier alpha value is -4.01. The molecule has 0 saturated heterocycles. The third-order valence-electron chi connectivity index (χ3n) is 4.70. The van der Waals surface area contributed by atoms with E-state index in [0.717, 1.165) is 11.1 Å². The van der Waals surface area contributed by atoms with Crippen LogP contribution in [0, 0.1) is 19.7 Å². The van der Waals surface area contributed by atoms with Gasteiger partial charge in [-0.25, -0.2) is 4.39 Å². The van der Waals surface area contributed by atoms with Gasteiger partial charge >= 0.3 is 0 Å². The summed E-state index contributed by atoms with van der Waals surface area (Å²) < 4.78 is 26.3. The molecular weight excluding hydrogens is 413 g/mol. The highest BCUT2D eigenvalue weighted by Gasteiger charge is 2.11. The smallest absolute Gasteiger partial charge is 0.258 e. The number of ether oxygens (including phenoxy) is 2. The molecule has 2 aromatic heterocycles. The van der Waals surface area contributed by atoms with Crippen molar-refractivity contribution in [1.82, 2.24) is 25.1 Å². The van der Waals surface area contributed by atoms with Crippen LogP contribution in [-0.2, 0) is 4.79 Å². The van der Waals surface area contributed by atoms with Crippen molar-refractivity contribution >= 4 is 11.6 Å². The van der Waals surface area contributed by atoms with Crippen molar-refractivity contribution in [3.05, 3.63) is 71.5 Å². The summed E-state index contributed by atoms with van der Waals surface area (Å²) in [6.45, 7) is 4.32. The second-order valence-corrected chi connectivity index (χ2v) is 7.23. The van der Waals surface area contributed by atoms with Gasteiger partial charge in [0.05, 0.1) is 6.54 Å². The fraction of sp³-hybridized carbons (Fsp3) is 0.217. The van der Waals surface area contributed by atoms with Gasteiger partial charge in [-0.3, -0.25) is 4.79 Å². The lowest BCUT2D eigenvalue weighted by Crippen LogP contribution is -2.32. The van der Waals surface area contributed by atoms with Crippen LogP contribution in [0.2, 0.25) is 0 Å². The minimum Gasteiger partial charge on any atom is -0.483 e. The zero-order chi connectivity index (χ0) is 22.5. The first-order valence-electron chi connectivity index (χ1n) is 10.1. The number of carbonyl (C=O) groups excluding carboxylic acids is 1. The number of hydrogen-bond acceptors (Lipinski definition) is 6. The Morgan fingerprint density at radius 2 is 1.94 bits per heavy atom. The molecule has 2 heterocycles. The molecule has 164 valence electrons. The Morgan fingerprint density at radius 3 is 2.78 bits per heavy atom. The van der Waals surface area contributed by atoms with E-state index in [9.17, 15) is 9.18 Å². The molecule has 1 N–H and O–H groups in total. The van der Waals surface area contributed by atoms with Gasteiger partial charge in [-0.2, -0.15) is 4.52 Å². The number of aryl methyl sites for hydroxylation is 2. The minimum atomic E-state index is -0.371. The van der Waals surface area contributed by atoms with Crippen molar-refractivity contribution < 1.29 is 18.7 Å². The molecule has 0 bridgehead atoms. The molecule has 9 heteroatoms. The predicted molar refractivity (Wildman–Crippen MR) is 116 cm³/mol. The zero-order valence-corrected chi connectivity index (χ0v) is 17.7. The number of amides is 1. The molecule has 4 rings (SSSR count). The maximum Gasteiger partial charge on any atom is 0.258 e. The summed E-state index contributed by atoms with van der Waals surface area (Å²) in [7, 11) is 0. The molecule has 0 aliphatic heterocycles. The van der Waals surface area contributed by atoms with Crippen molar-refractivity contribution in [2.24, 2.45) is 0 Å². The number of nitrogens with zero attached hydrogens (tertiary/aromatic N) is 4. The van der Waals surface area contributed by atoms with Crippen LogP contribution in [0.1, 0.15) is 11.1 Å². The van der Waals surface area contributed by atoms with Crippen molar-refractivity contribution in [3.63, 3.8) is 0 Å². The standard InChI is InChI=1S/C23H22FN5O3/c1-15-6-7-16(2)19(12-15)32-14-21(30)25-10-11-31-22-9-8-20-26-27-23(29(20)28-22)17-4-3-5-18(24)13-17/h3-9,12-13H,10-11,14H2,1-2H3,(H,25,30). The lowest BCUT2D eigenvalue weighted by molar-refractivity contribution is -0.123. The summed E-state index contributed by atoms with van der Waals surface area (Å²) in [4.78, 5) is 12.0. The van der Waals surface area contributed by atoms with E-state index in [-0.39, 0.29) is 31.5 Å². The second kappa shape index (κ2) is 9.42. The number of fused-ring (bicyclic) bond motifs is 1. The van der Waals surface area contributed by atoms with Gasteiger partial charge in [0, 0.05) is 11.6 Å². The summed E-state index contributed by atoms with van der Waals surface area (Å²) in [5.41, 5.74) is 3.10. The highest BCUT2D eigenvalue weighted by atomic mass is 19.1. The highest BCUT2D eigenvalue weighted by molar-refractivity contribution is 5.77. The first-order chi connectivity index (χ1) is 15.5. The number of nitrogens with one attached hydrogen (secondary N) is 1. The van der Waals surface area contributed by atoms with E-state index in [4.69, 9.17) is 9.47 Å². The summed E-state index contributed by atoms with van der Waals surface area (Å²) >= 11 is 0. The Labute approximate surface area is 184 Å². The van der Waals surface area contributed by atoms with E-state index in [0.29, 0.717) is 28.7 Å². The zero-order valence-electron chi connectivity index (χ0n) is 17.7. The highest BCUT2D eigenvalue weighted by Crippen LogP contribution is 2.20. The van der Waals surface area contributed by atoms with Crippen LogP contribution in [0.15, 0.2) is 54.6 Å². The van der Waals surface area contributed by atoms with E-state index in [2.05, 4.69) is 20.6 Å². The van der Waals surface area contributed by atoms with Gasteiger partial charge in [-0.15, -0.1) is 15.3 Å². The lowest BCUT2D eigenvalue weighted by atomic mass is 10.1. The molecule has 0 saturated carbocycles. The maximum atomic E-state index is 13.6. The molecule has 0 unspecified atom stereocenters. The van der Waals surface area contributed by atoms with E-state index >= 15 is 0 Å². The average molecular weight is 435 g/mol. The van der Waals surface area contributed by atoms with Gasteiger partial charge in [0.1, 0.15) is 18.2 Å². The van der Waals surface area contributed by atoms with E-state index in [1.54, 1.807) is 24.3 Å². The molecular formula is C23H22FN5O3. The fourth-order valence-electron chi connectivity index (χ4n) is 3.06. The first-order valence-corrected chi connectivity index (χ1v) is 10.1. The molecule has 0 atom stereocenters. The first kappa shape index (κ1) is 21.2. The molecule has 2 aromatic carbocycles. The SMILES string of the molecule is Cc1ccc(C)c(OCC(=O)NCCOc2ccc3nnc(-c4cccc(F)c4)n3n2)c1. The van der Waals surface area contributed by atoms with Gasteiger partial charge in [0.15, 0.2) is 18.1 Å². The third kappa shape index (κ3) is 5.00. The van der Waals surface area contributed by atoms with Crippen LogP contribution in [0.4, 0.5) is 4.39 Å². The largest absolute Gasteiger partial charge is 0.483 e. The van der Waals surface area contributed by atoms with E-state index < -0.39 is 0 Å². The molecule has 1 amide bonds. The Kier molecular flexibility index (Phi) is 6.25. The van der Waals surface area contributed by atoms with Crippen LogP contribution in [-0.4, -0.2) is 45.5 Å². The van der Waals surface area contributed by atoms with Crippen molar-refractivity contribution in [2.45, 2.75) is 13.8 Å². The summed E-state index contributed by atoms with van der Waals surface area (Å²) in [5, 5.41) is 15.2. The number of carbonyl (C=O) groups is 1. The second-order valence-electron chi connectivity index (χ2n) is 7.23. The van der Waals surface area contributed by atoms with Gasteiger partial charge in [-0.05, 0) is 49.2 Å². The Morgan fingerprint density at radius 1 is 1.06 bits per heavy atom. The predicted octanol–water partition coefficient (Wildman–Crippen LogP) is 3.12. The number of aromatic nitrogens is 4. The Balaban J connectivity index is 1.30. The number of rotatable bonds is 8. The van der Waals surface area contributed by atoms with Gasteiger partial charge < -0.3 is 14.8 Å². The normalized spacial score (nSPS) is 10.8. The monoisotopic (exact) mass is 435 g/mol. The molecule has 0 radical (unpaired) electrons. The number of hydrogen-bond donors (Lipinski definition) is 1. The molecule has 32 heavy (non-hydrogen) atoms. The number of benzene rings is 2. The summed E-state index contributed by atoms with van der Waals surface area (Å²) in [5.74, 6) is 0.809. The van der Waals surface area contributed by atoms with Crippen LogP contribution in [0.3, 0.4) is 0 Å². The molecule has 8 nitrogen and oxygen atoms in total. The molecule has 0 spiro atoms. The molecule has 4 aromatic rings. The van der Waals surface area contributed by atoms with Crippen LogP contribution < -0.4 is 14.8 Å². The van der Waals surface area contributed by atoms with Crippen molar-refractivity contribution in [2.75, 3.05) is 19.8 Å². The molecule has 0 aliphatic rings. The third-order valence-corrected chi connectivity index (χ3v) is 4.70. The van der Waals surface area contributed by atoms with Crippen molar-refractivity contribution in [3.8, 4) is 23.0 Å². The minimum absolute atomic E-state index is 0.0772. The Bertz CT molecular complexity index is 1260. The maximum absolute atomic E-state index is 13.6. The van der Waals surface area contributed by atoms with E-state index in [1.165, 1.54) is 16.6 Å². The molecule has 0 fully saturated rings. The summed E-state index contributed by atoms with van der Waals surface area (Å²) in [6, 6.07) is 15.2.